The van der Waals surface area contributed by atoms with E-state index in [0.29, 0.717) is 17.1 Å². The molecule has 1 saturated heterocycles. The number of carbonyl (C=O) groups is 1. The van der Waals surface area contributed by atoms with Crippen LogP contribution in [0, 0.1) is 6.92 Å². The normalized spacial score (nSPS) is 17.2. The minimum Gasteiger partial charge on any atom is -0.375 e. The molecule has 5 rings (SSSR count). The van der Waals surface area contributed by atoms with E-state index in [9.17, 15) is 4.79 Å². The number of aromatic nitrogens is 3. The molecule has 1 amide bonds. The van der Waals surface area contributed by atoms with Crippen molar-refractivity contribution in [3.05, 3.63) is 64.6 Å². The predicted molar refractivity (Wildman–Crippen MR) is 128 cm³/mol. The van der Waals surface area contributed by atoms with Crippen molar-refractivity contribution in [2.24, 2.45) is 5.73 Å². The molecule has 8 heteroatoms. The van der Waals surface area contributed by atoms with Crippen LogP contribution in [0.5, 0.6) is 0 Å². The molecule has 4 aromatic rings. The Bertz CT molecular complexity index is 1330. The van der Waals surface area contributed by atoms with Crippen molar-refractivity contribution in [2.45, 2.75) is 38.9 Å². The number of hydrogen-bond donors (Lipinski definition) is 3. The zero-order valence-corrected chi connectivity index (χ0v) is 18.8. The molecule has 2 aromatic carbocycles. The van der Waals surface area contributed by atoms with Crippen LogP contribution in [0.4, 0.5) is 5.69 Å². The van der Waals surface area contributed by atoms with Crippen molar-refractivity contribution < 1.29 is 4.79 Å². The van der Waals surface area contributed by atoms with E-state index < -0.39 is 0 Å². The first-order valence-electron chi connectivity index (χ1n) is 10.8. The van der Waals surface area contributed by atoms with Gasteiger partial charge in [-0.15, -0.1) is 0 Å². The molecule has 1 aliphatic rings. The van der Waals surface area contributed by atoms with Gasteiger partial charge in [-0.3, -0.25) is 9.78 Å². The van der Waals surface area contributed by atoms with Gasteiger partial charge in [-0.1, -0.05) is 11.6 Å². The lowest BCUT2D eigenvalue weighted by atomic mass is 10.0. The highest BCUT2D eigenvalue weighted by atomic mass is 35.5. The van der Waals surface area contributed by atoms with Crippen LogP contribution in [0.1, 0.15) is 47.6 Å². The number of imidazole rings is 1. The number of hydrogen-bond acceptors (Lipinski definition) is 5. The summed E-state index contributed by atoms with van der Waals surface area (Å²) in [6, 6.07) is 11.4. The third-order valence-electron chi connectivity index (χ3n) is 6.12. The van der Waals surface area contributed by atoms with E-state index in [-0.39, 0.29) is 18.1 Å². The summed E-state index contributed by atoms with van der Waals surface area (Å²) in [4.78, 5) is 27.4. The highest BCUT2D eigenvalue weighted by Gasteiger charge is 2.27. The Hall–Kier alpha value is -3.16. The summed E-state index contributed by atoms with van der Waals surface area (Å²) in [7, 11) is 0. The number of aromatic amines is 1. The Kier molecular flexibility index (Phi) is 5.23. The smallest absolute Gasteiger partial charge is 0.255 e. The van der Waals surface area contributed by atoms with Crippen LogP contribution in [0.15, 0.2) is 42.6 Å². The van der Waals surface area contributed by atoms with Crippen LogP contribution in [0.25, 0.3) is 21.9 Å². The van der Waals surface area contributed by atoms with Gasteiger partial charge in [-0.2, -0.15) is 0 Å². The number of nitrogens with two attached hydrogens (primary N) is 1. The number of anilines is 1. The van der Waals surface area contributed by atoms with Gasteiger partial charge in [0.05, 0.1) is 28.8 Å². The molecule has 3 heterocycles. The first kappa shape index (κ1) is 20.7. The lowest BCUT2D eigenvalue weighted by Crippen LogP contribution is -2.41. The summed E-state index contributed by atoms with van der Waals surface area (Å²) < 4.78 is 0. The van der Waals surface area contributed by atoms with E-state index in [2.05, 4.69) is 20.3 Å². The maximum atomic E-state index is 13.1. The number of benzene rings is 2. The van der Waals surface area contributed by atoms with Gasteiger partial charge in [-0.25, -0.2) is 4.98 Å². The van der Waals surface area contributed by atoms with E-state index in [4.69, 9.17) is 17.3 Å². The monoisotopic (exact) mass is 448 g/mol. The van der Waals surface area contributed by atoms with Crippen LogP contribution < -0.4 is 11.1 Å². The van der Waals surface area contributed by atoms with E-state index >= 15 is 0 Å². The van der Waals surface area contributed by atoms with Crippen molar-refractivity contribution in [2.75, 3.05) is 11.9 Å². The van der Waals surface area contributed by atoms with Gasteiger partial charge in [0.25, 0.3) is 5.91 Å². The highest BCUT2D eigenvalue weighted by Crippen LogP contribution is 2.30. The van der Waals surface area contributed by atoms with Crippen LogP contribution in [-0.4, -0.2) is 38.5 Å². The number of fused-ring (bicyclic) bond motifs is 2. The second-order valence-corrected chi connectivity index (χ2v) is 8.84. The fourth-order valence-electron chi connectivity index (χ4n) is 4.36. The van der Waals surface area contributed by atoms with Crippen molar-refractivity contribution in [1.29, 1.82) is 0 Å². The molecule has 2 atom stereocenters. The van der Waals surface area contributed by atoms with Crippen LogP contribution >= 0.6 is 11.6 Å². The molecule has 0 spiro atoms. The molecule has 0 bridgehead atoms. The maximum absolute atomic E-state index is 13.1. The van der Waals surface area contributed by atoms with Gasteiger partial charge < -0.3 is 20.9 Å². The third kappa shape index (κ3) is 3.67. The fraction of sp³-hybridized carbons (Fsp3) is 0.292. The quantitative estimate of drug-likeness (QED) is 0.417. The summed E-state index contributed by atoms with van der Waals surface area (Å²) >= 11 is 6.10. The molecular formula is C24H25ClN6O. The molecule has 0 saturated carbocycles. The van der Waals surface area contributed by atoms with E-state index in [1.165, 1.54) is 0 Å². The molecule has 0 aliphatic carbocycles. The summed E-state index contributed by atoms with van der Waals surface area (Å²) in [5.74, 6) is 0.794. The largest absolute Gasteiger partial charge is 0.375 e. The molecule has 4 N–H and O–H groups in total. The number of aryl methyl sites for hydroxylation is 1. The molecule has 164 valence electrons. The lowest BCUT2D eigenvalue weighted by molar-refractivity contribution is 0.0740. The number of likely N-dealkylation sites (tertiary alicyclic amines) is 1. The Balaban J connectivity index is 1.46. The maximum Gasteiger partial charge on any atom is 0.255 e. The Labute approximate surface area is 191 Å². The van der Waals surface area contributed by atoms with Crippen LogP contribution in [-0.2, 0) is 0 Å². The van der Waals surface area contributed by atoms with E-state index in [1.54, 1.807) is 11.1 Å². The standard InChI is InChI=1S/C24H25ClN6O/c1-13-10-17-18(28-14(2)23-29-19-6-5-15(25)11-21(19)30-23)7-8-27-20(17)12-16(13)24(32)31-9-3-4-22(31)26/h5-8,10-12,14,22H,3-4,9,26H2,1-2H3,(H,27,28)(H,29,30). The van der Waals surface area contributed by atoms with Gasteiger partial charge in [0.1, 0.15) is 5.82 Å². The molecule has 32 heavy (non-hydrogen) atoms. The summed E-state index contributed by atoms with van der Waals surface area (Å²) in [6.45, 7) is 4.70. The van der Waals surface area contributed by atoms with E-state index in [0.717, 1.165) is 51.9 Å². The minimum atomic E-state index is -0.210. The Morgan fingerprint density at radius 1 is 1.28 bits per heavy atom. The molecule has 7 nitrogen and oxygen atoms in total. The number of pyridine rings is 1. The Morgan fingerprint density at radius 2 is 2.12 bits per heavy atom. The molecule has 2 unspecified atom stereocenters. The lowest BCUT2D eigenvalue weighted by Gasteiger charge is -2.22. The summed E-state index contributed by atoms with van der Waals surface area (Å²) in [6.07, 6.45) is 3.33. The number of rotatable bonds is 4. The van der Waals surface area contributed by atoms with Crippen molar-refractivity contribution in [3.63, 3.8) is 0 Å². The second kappa shape index (κ2) is 8.07. The number of nitrogens with one attached hydrogen (secondary N) is 2. The molecule has 2 aromatic heterocycles. The van der Waals surface area contributed by atoms with Crippen LogP contribution in [0.3, 0.4) is 0 Å². The first-order chi connectivity index (χ1) is 15.4. The zero-order chi connectivity index (χ0) is 22.4. The fourth-order valence-corrected chi connectivity index (χ4v) is 4.54. The van der Waals surface area contributed by atoms with Crippen molar-refractivity contribution in [1.82, 2.24) is 19.9 Å². The first-order valence-corrected chi connectivity index (χ1v) is 11.2. The van der Waals surface area contributed by atoms with Crippen molar-refractivity contribution >= 4 is 45.1 Å². The molecular weight excluding hydrogens is 424 g/mol. The number of halogens is 1. The summed E-state index contributed by atoms with van der Waals surface area (Å²) in [5, 5.41) is 5.16. The van der Waals surface area contributed by atoms with Gasteiger partial charge in [0, 0.05) is 34.4 Å². The number of carbonyl (C=O) groups excluding carboxylic acids is 1. The molecule has 0 radical (unpaired) electrons. The van der Waals surface area contributed by atoms with E-state index in [1.807, 2.05) is 50.2 Å². The second-order valence-electron chi connectivity index (χ2n) is 8.40. The van der Waals surface area contributed by atoms with Gasteiger partial charge in [0.2, 0.25) is 0 Å². The van der Waals surface area contributed by atoms with Gasteiger partial charge >= 0.3 is 0 Å². The topological polar surface area (TPSA) is 99.9 Å². The van der Waals surface area contributed by atoms with Crippen molar-refractivity contribution in [3.8, 4) is 0 Å². The molecule has 1 aliphatic heterocycles. The highest BCUT2D eigenvalue weighted by molar-refractivity contribution is 6.31. The predicted octanol–water partition coefficient (Wildman–Crippen LogP) is 4.77. The Morgan fingerprint density at radius 3 is 2.91 bits per heavy atom. The SMILES string of the molecule is Cc1cc2c(NC(C)c3nc4ccc(Cl)cc4[nH]3)ccnc2cc1C(=O)N1CCCC1N. The number of amides is 1. The van der Waals surface area contributed by atoms with Gasteiger partial charge in [0.15, 0.2) is 0 Å². The molecule has 1 fully saturated rings. The van der Waals surface area contributed by atoms with Crippen LogP contribution in [0.2, 0.25) is 5.02 Å². The average Bonchev–Trinajstić information content (AvgIpc) is 3.39. The number of nitrogens with zero attached hydrogens (tertiary/aromatic N) is 3. The minimum absolute atomic E-state index is 0.0242. The average molecular weight is 449 g/mol. The summed E-state index contributed by atoms with van der Waals surface area (Å²) in [5.41, 5.74) is 11.1. The van der Waals surface area contributed by atoms with Gasteiger partial charge in [-0.05, 0) is 68.7 Å². The zero-order valence-electron chi connectivity index (χ0n) is 18.0. The third-order valence-corrected chi connectivity index (χ3v) is 6.36. The number of H-pyrrole nitrogens is 1.